The molecule has 0 saturated carbocycles. The monoisotopic (exact) mass is 346 g/mol. The number of rotatable bonds is 4. The number of para-hydroxylation sites is 1. The number of carbonyl (C=O) groups excluding carboxylic acids is 1. The number of carbonyl (C=O) groups is 1. The Morgan fingerprint density at radius 2 is 1.81 bits per heavy atom. The van der Waals surface area contributed by atoms with Gasteiger partial charge in [-0.3, -0.25) is 0 Å². The Kier molecular flexibility index (Phi) is 5.39. The first-order chi connectivity index (χ1) is 10.1. The van der Waals surface area contributed by atoms with Gasteiger partial charge in [0.05, 0.1) is 6.04 Å². The zero-order chi connectivity index (χ0) is 15.2. The van der Waals surface area contributed by atoms with E-state index in [1.807, 2.05) is 55.5 Å². The molecule has 0 bridgehead atoms. The quantitative estimate of drug-likeness (QED) is 0.812. The summed E-state index contributed by atoms with van der Waals surface area (Å²) in [6, 6.07) is 15.5. The summed E-state index contributed by atoms with van der Waals surface area (Å²) in [5.74, 6) is 0. The average molecular weight is 347 g/mol. The Bertz CT molecular complexity index is 610. The molecule has 3 nitrogen and oxygen atoms in total. The van der Waals surface area contributed by atoms with E-state index < -0.39 is 0 Å². The molecule has 0 aliphatic carbocycles. The van der Waals surface area contributed by atoms with Gasteiger partial charge in [-0.2, -0.15) is 0 Å². The Morgan fingerprint density at radius 1 is 1.14 bits per heavy atom. The van der Waals surface area contributed by atoms with Crippen LogP contribution < -0.4 is 10.6 Å². The molecule has 21 heavy (non-hydrogen) atoms. The third kappa shape index (κ3) is 4.33. The van der Waals surface area contributed by atoms with Gasteiger partial charge in [-0.1, -0.05) is 53.2 Å². The Balaban J connectivity index is 1.99. The minimum absolute atomic E-state index is 0.0492. The van der Waals surface area contributed by atoms with Crippen LogP contribution in [-0.2, 0) is 6.42 Å². The second-order valence-electron chi connectivity index (χ2n) is 4.88. The lowest BCUT2D eigenvalue weighted by atomic mass is 10.1. The molecule has 0 fully saturated rings. The van der Waals surface area contributed by atoms with Crippen molar-refractivity contribution >= 4 is 27.6 Å². The van der Waals surface area contributed by atoms with Crippen molar-refractivity contribution in [1.29, 1.82) is 0 Å². The van der Waals surface area contributed by atoms with Crippen molar-refractivity contribution in [1.82, 2.24) is 5.32 Å². The first-order valence-electron chi connectivity index (χ1n) is 7.01. The van der Waals surface area contributed by atoms with E-state index in [1.54, 1.807) is 0 Å². The molecular weight excluding hydrogens is 328 g/mol. The van der Waals surface area contributed by atoms with Gasteiger partial charge < -0.3 is 10.6 Å². The summed E-state index contributed by atoms with van der Waals surface area (Å²) in [4.78, 5) is 12.1. The second-order valence-corrected chi connectivity index (χ2v) is 5.80. The smallest absolute Gasteiger partial charge is 0.319 e. The number of hydrogen-bond acceptors (Lipinski definition) is 1. The number of amides is 2. The van der Waals surface area contributed by atoms with Gasteiger partial charge in [0, 0.05) is 10.2 Å². The maximum absolute atomic E-state index is 12.1. The van der Waals surface area contributed by atoms with Crippen LogP contribution in [0.15, 0.2) is 53.0 Å². The third-order valence-corrected chi connectivity index (χ3v) is 3.89. The van der Waals surface area contributed by atoms with E-state index in [0.29, 0.717) is 0 Å². The standard InChI is InChI=1S/C17H19BrN2O/c1-3-13-6-4-5-7-16(13)20-17(21)19-12(2)14-8-10-15(18)11-9-14/h4-12H,3H2,1-2H3,(H2,19,20,21). The Labute approximate surface area is 133 Å². The molecule has 0 saturated heterocycles. The number of aryl methyl sites for hydroxylation is 1. The number of nitrogens with one attached hydrogen (secondary N) is 2. The Hall–Kier alpha value is -1.81. The van der Waals surface area contributed by atoms with Gasteiger partial charge in [-0.25, -0.2) is 4.79 Å². The van der Waals surface area contributed by atoms with Gasteiger partial charge in [0.1, 0.15) is 0 Å². The fraction of sp³-hybridized carbons (Fsp3) is 0.235. The summed E-state index contributed by atoms with van der Waals surface area (Å²) in [6.45, 7) is 4.04. The number of urea groups is 1. The van der Waals surface area contributed by atoms with Crippen molar-refractivity contribution < 1.29 is 4.79 Å². The molecule has 0 aliphatic heterocycles. The highest BCUT2D eigenvalue weighted by Gasteiger charge is 2.10. The van der Waals surface area contributed by atoms with E-state index in [9.17, 15) is 4.79 Å². The van der Waals surface area contributed by atoms with Crippen LogP contribution in [0.1, 0.15) is 31.0 Å². The van der Waals surface area contributed by atoms with E-state index in [0.717, 1.165) is 27.7 Å². The van der Waals surface area contributed by atoms with E-state index in [4.69, 9.17) is 0 Å². The third-order valence-electron chi connectivity index (χ3n) is 3.36. The number of benzene rings is 2. The fourth-order valence-corrected chi connectivity index (χ4v) is 2.40. The topological polar surface area (TPSA) is 41.1 Å². The van der Waals surface area contributed by atoms with E-state index in [-0.39, 0.29) is 12.1 Å². The SMILES string of the molecule is CCc1ccccc1NC(=O)NC(C)c1ccc(Br)cc1. The highest BCUT2D eigenvalue weighted by Crippen LogP contribution is 2.18. The maximum atomic E-state index is 12.1. The van der Waals surface area contributed by atoms with Crippen LogP contribution in [0.3, 0.4) is 0 Å². The number of anilines is 1. The second kappa shape index (κ2) is 7.27. The normalized spacial score (nSPS) is 11.8. The van der Waals surface area contributed by atoms with Crippen molar-refractivity contribution in [2.24, 2.45) is 0 Å². The molecule has 0 aromatic heterocycles. The highest BCUT2D eigenvalue weighted by molar-refractivity contribution is 9.10. The summed E-state index contributed by atoms with van der Waals surface area (Å²) >= 11 is 3.41. The molecule has 2 N–H and O–H groups in total. The molecule has 4 heteroatoms. The van der Waals surface area contributed by atoms with Gasteiger partial charge >= 0.3 is 6.03 Å². The first-order valence-corrected chi connectivity index (χ1v) is 7.80. The molecule has 1 atom stereocenters. The van der Waals surface area contributed by atoms with Gasteiger partial charge in [0.25, 0.3) is 0 Å². The summed E-state index contributed by atoms with van der Waals surface area (Å²) in [5.41, 5.74) is 3.06. The van der Waals surface area contributed by atoms with Crippen LogP contribution in [0.2, 0.25) is 0 Å². The van der Waals surface area contributed by atoms with Gasteiger partial charge in [-0.15, -0.1) is 0 Å². The molecule has 2 aromatic carbocycles. The van der Waals surface area contributed by atoms with Gasteiger partial charge in [0.2, 0.25) is 0 Å². The van der Waals surface area contributed by atoms with Crippen molar-refractivity contribution in [3.05, 3.63) is 64.1 Å². The number of halogens is 1. The van der Waals surface area contributed by atoms with Crippen LogP contribution in [0.4, 0.5) is 10.5 Å². The lowest BCUT2D eigenvalue weighted by molar-refractivity contribution is 0.249. The zero-order valence-corrected chi connectivity index (χ0v) is 13.8. The molecule has 2 aromatic rings. The van der Waals surface area contributed by atoms with Crippen LogP contribution in [0.5, 0.6) is 0 Å². The molecule has 110 valence electrons. The van der Waals surface area contributed by atoms with E-state index >= 15 is 0 Å². The minimum atomic E-state index is -0.189. The lowest BCUT2D eigenvalue weighted by Crippen LogP contribution is -2.31. The lowest BCUT2D eigenvalue weighted by Gasteiger charge is -2.16. The van der Waals surface area contributed by atoms with E-state index in [2.05, 4.69) is 33.5 Å². The summed E-state index contributed by atoms with van der Waals surface area (Å²) in [7, 11) is 0. The molecule has 0 spiro atoms. The zero-order valence-electron chi connectivity index (χ0n) is 12.2. The van der Waals surface area contributed by atoms with E-state index in [1.165, 1.54) is 0 Å². The molecule has 2 amide bonds. The minimum Gasteiger partial charge on any atom is -0.331 e. The molecule has 1 unspecified atom stereocenters. The average Bonchev–Trinajstić information content (AvgIpc) is 2.48. The predicted octanol–water partition coefficient (Wildman–Crippen LogP) is 4.89. The van der Waals surface area contributed by atoms with Crippen molar-refractivity contribution in [3.8, 4) is 0 Å². The van der Waals surface area contributed by atoms with Gasteiger partial charge in [-0.05, 0) is 42.7 Å². The fourth-order valence-electron chi connectivity index (χ4n) is 2.14. The summed E-state index contributed by atoms with van der Waals surface area (Å²) < 4.78 is 1.03. The summed E-state index contributed by atoms with van der Waals surface area (Å²) in [5, 5.41) is 5.86. The molecule has 2 rings (SSSR count). The number of hydrogen-bond donors (Lipinski definition) is 2. The maximum Gasteiger partial charge on any atom is 0.319 e. The molecular formula is C17H19BrN2O. The molecule has 0 radical (unpaired) electrons. The first kappa shape index (κ1) is 15.6. The van der Waals surface area contributed by atoms with Crippen molar-refractivity contribution in [3.63, 3.8) is 0 Å². The van der Waals surface area contributed by atoms with Crippen molar-refractivity contribution in [2.75, 3.05) is 5.32 Å². The van der Waals surface area contributed by atoms with Crippen LogP contribution in [0, 0.1) is 0 Å². The summed E-state index contributed by atoms with van der Waals surface area (Å²) in [6.07, 6.45) is 0.888. The molecule has 0 heterocycles. The Morgan fingerprint density at radius 3 is 2.48 bits per heavy atom. The molecule has 0 aliphatic rings. The largest absolute Gasteiger partial charge is 0.331 e. The van der Waals surface area contributed by atoms with Gasteiger partial charge in [0.15, 0.2) is 0 Å². The van der Waals surface area contributed by atoms with Crippen LogP contribution >= 0.6 is 15.9 Å². The predicted molar refractivity (Wildman–Crippen MR) is 90.5 cm³/mol. The highest BCUT2D eigenvalue weighted by atomic mass is 79.9. The van der Waals surface area contributed by atoms with Crippen LogP contribution in [-0.4, -0.2) is 6.03 Å². The van der Waals surface area contributed by atoms with Crippen LogP contribution in [0.25, 0.3) is 0 Å². The van der Waals surface area contributed by atoms with Crippen molar-refractivity contribution in [2.45, 2.75) is 26.3 Å².